The minimum Gasteiger partial charge on any atom is -0.294 e. The minimum absolute atomic E-state index is 0.0613. The summed E-state index contributed by atoms with van der Waals surface area (Å²) < 4.78 is 26.6. The molecule has 0 spiro atoms. The monoisotopic (exact) mass is 1260 g/mol. The largest absolute Gasteiger partial charge is 0.311 e. The molecular weight excluding hydrogens is 1170 g/mol. The Balaban J connectivity index is 0.000000514. The number of aryl methyl sites for hydroxylation is 2. The Bertz CT molecular complexity index is 3120. The first kappa shape index (κ1) is 79.2. The Morgan fingerprint density at radius 3 is 1.30 bits per heavy atom. The molecule has 0 fully saturated rings. The first-order chi connectivity index (χ1) is 41.3. The highest BCUT2D eigenvalue weighted by atomic mass is 35.5. The molecule has 0 saturated heterocycles. The fourth-order valence-electron chi connectivity index (χ4n) is 8.11. The number of benzene rings is 6. The number of aromatic nitrogens is 1. The first-order valence-corrected chi connectivity index (χ1v) is 31.3. The number of alkyl halides is 2. The molecule has 0 unspecified atom stereocenters. The Labute approximate surface area is 540 Å². The maximum Gasteiger partial charge on any atom is 0.311 e. The molecule has 0 aliphatic heterocycles. The van der Waals surface area contributed by atoms with Gasteiger partial charge in [-0.3, -0.25) is 33.8 Å². The molecule has 0 aliphatic carbocycles. The van der Waals surface area contributed by atoms with Gasteiger partial charge in [0.15, 0.2) is 28.9 Å². The van der Waals surface area contributed by atoms with E-state index in [1.165, 1.54) is 31.5 Å². The molecule has 0 bridgehead atoms. The van der Waals surface area contributed by atoms with Crippen molar-refractivity contribution >= 4 is 69.5 Å². The predicted octanol–water partition coefficient (Wildman–Crippen LogP) is 22.2. The van der Waals surface area contributed by atoms with E-state index < -0.39 is 17.6 Å². The molecule has 7 aromatic rings. The third-order valence-corrected chi connectivity index (χ3v) is 13.4. The molecule has 6 aromatic carbocycles. The Morgan fingerprint density at radius 1 is 0.432 bits per heavy atom. The highest BCUT2D eigenvalue weighted by molar-refractivity contribution is 6.34. The summed E-state index contributed by atoms with van der Waals surface area (Å²) in [7, 11) is 0. The van der Waals surface area contributed by atoms with Crippen molar-refractivity contribution in [1.82, 2.24) is 4.98 Å². The van der Waals surface area contributed by atoms with Gasteiger partial charge in [-0.15, -0.1) is 0 Å². The zero-order valence-electron chi connectivity index (χ0n) is 54.6. The molecular formula is C76H94Cl3F2NO6. The average Bonchev–Trinajstić information content (AvgIpc) is 1.76. The van der Waals surface area contributed by atoms with Crippen molar-refractivity contribution in [1.29, 1.82) is 0 Å². The van der Waals surface area contributed by atoms with Crippen LogP contribution in [0, 0.1) is 55.3 Å². The lowest BCUT2D eigenvalue weighted by Gasteiger charge is -2.18. The molecule has 12 heteroatoms. The Kier molecular flexibility index (Phi) is 38.0. The lowest BCUT2D eigenvalue weighted by Crippen LogP contribution is -2.34. The number of nitrogens with zero attached hydrogens (tertiary/aromatic N) is 1. The van der Waals surface area contributed by atoms with Gasteiger partial charge >= 0.3 is 5.92 Å². The number of ketones is 6. The summed E-state index contributed by atoms with van der Waals surface area (Å²) in [4.78, 5) is 73.1. The van der Waals surface area contributed by atoms with E-state index >= 15 is 0 Å². The second-order valence-electron chi connectivity index (χ2n) is 24.1. The third kappa shape index (κ3) is 32.4. The highest BCUT2D eigenvalue weighted by Crippen LogP contribution is 2.28. The van der Waals surface area contributed by atoms with Gasteiger partial charge in [0.2, 0.25) is 5.78 Å². The van der Waals surface area contributed by atoms with Crippen LogP contribution in [0.25, 0.3) is 0 Å². The van der Waals surface area contributed by atoms with Crippen LogP contribution in [0.1, 0.15) is 202 Å². The van der Waals surface area contributed by atoms with Crippen LogP contribution < -0.4 is 0 Å². The van der Waals surface area contributed by atoms with Gasteiger partial charge in [-0.2, -0.15) is 8.78 Å². The SMILES string of the molecule is CC(C)C(F)(F)C(=O)c1ccccc1.CC(C)CC(=O)c1cccc(Cl)c1.CC(C)CC(=O)c1ccccc1.CC(C)CC(=O)c1ccccc1Cl.CC(C)CC(=O)c1ccccn1.CC(C)Cc1cccc(Cl)c1.Cc1cccc(C)c1C(=O)C(C)C. The van der Waals surface area contributed by atoms with Gasteiger partial charge in [0.1, 0.15) is 5.69 Å². The number of hydrogen-bond donors (Lipinski definition) is 0. The maximum atomic E-state index is 13.3. The van der Waals surface area contributed by atoms with E-state index in [-0.39, 0.29) is 40.4 Å². The second-order valence-corrected chi connectivity index (χ2v) is 25.4. The molecule has 0 amide bonds. The third-order valence-electron chi connectivity index (χ3n) is 12.6. The van der Waals surface area contributed by atoms with Crippen LogP contribution in [-0.4, -0.2) is 45.6 Å². The van der Waals surface area contributed by atoms with E-state index in [0.717, 1.165) is 33.7 Å². The van der Waals surface area contributed by atoms with Crippen molar-refractivity contribution in [3.8, 4) is 0 Å². The first-order valence-electron chi connectivity index (χ1n) is 30.2. The standard InChI is InChI=1S/C12H16O.2C11H13ClO.C11H12F2O.C11H14O.C10H13Cl.C10H13NO/c1-8(2)12(13)11-9(3)6-5-7-10(11)4;1-8(2)6-11(13)9-4-3-5-10(12)7-9;1-8(2)7-11(13)9-5-3-4-6-10(9)12;1-8(2)11(12,13)10(14)9-6-4-3-5-7-9;1-9(2)8-11(12)10-6-4-3-5-7-10;1-8(2)6-9-4-3-5-10(11)7-9;1-8(2)7-10(12)9-5-3-4-6-11-9/h5-8H,1-4H3;3-5,7-8H,6H2,1-2H3;3-6,8H,7H2,1-2H3;3-8H,1-2H3;3-7,9H,8H2,1-2H3;3-5,7-8H,6H2,1-2H3;3-6,8H,7H2,1-2H3. The van der Waals surface area contributed by atoms with Crippen molar-refractivity contribution in [2.45, 2.75) is 149 Å². The summed E-state index contributed by atoms with van der Waals surface area (Å²) in [6, 6.07) is 50.8. The molecule has 7 rings (SSSR count). The zero-order chi connectivity index (χ0) is 66.7. The molecule has 1 aromatic heterocycles. The van der Waals surface area contributed by atoms with Crippen LogP contribution in [0.4, 0.5) is 8.78 Å². The topological polar surface area (TPSA) is 115 Å². The van der Waals surface area contributed by atoms with E-state index in [0.29, 0.717) is 82.1 Å². The number of halogens is 5. The van der Waals surface area contributed by atoms with Gasteiger partial charge in [0.25, 0.3) is 0 Å². The van der Waals surface area contributed by atoms with Gasteiger partial charge in [0, 0.05) is 81.6 Å². The second kappa shape index (κ2) is 42.2. The van der Waals surface area contributed by atoms with Gasteiger partial charge in [-0.05, 0) is 115 Å². The Hall–Kier alpha value is -6.78. The molecule has 0 saturated carbocycles. The van der Waals surface area contributed by atoms with E-state index in [1.54, 1.807) is 66.9 Å². The number of carbonyl (C=O) groups excluding carboxylic acids is 6. The smallest absolute Gasteiger partial charge is 0.294 e. The molecule has 1 heterocycles. The fourth-order valence-corrected chi connectivity index (χ4v) is 8.75. The normalized spacial score (nSPS) is 10.6. The van der Waals surface area contributed by atoms with E-state index in [4.69, 9.17) is 34.8 Å². The van der Waals surface area contributed by atoms with Gasteiger partial charge in [-0.1, -0.05) is 253 Å². The van der Waals surface area contributed by atoms with Crippen molar-refractivity contribution in [2.75, 3.05) is 0 Å². The number of hydrogen-bond acceptors (Lipinski definition) is 7. The van der Waals surface area contributed by atoms with Crippen molar-refractivity contribution in [2.24, 2.45) is 41.4 Å². The zero-order valence-corrected chi connectivity index (χ0v) is 56.9. The number of pyridine rings is 1. The van der Waals surface area contributed by atoms with Crippen molar-refractivity contribution in [3.63, 3.8) is 0 Å². The average molecular weight is 1260 g/mol. The summed E-state index contributed by atoms with van der Waals surface area (Å²) in [5.74, 6) is -2.05. The highest BCUT2D eigenvalue weighted by Gasteiger charge is 2.42. The summed E-state index contributed by atoms with van der Waals surface area (Å²) in [5.41, 5.74) is 7.20. The number of Topliss-reactive ketones (excluding diaryl/α,β-unsaturated/α-hetero) is 6. The lowest BCUT2D eigenvalue weighted by molar-refractivity contribution is -0.0203. The molecule has 7 nitrogen and oxygen atoms in total. The van der Waals surface area contributed by atoms with E-state index in [9.17, 15) is 37.5 Å². The summed E-state index contributed by atoms with van der Waals surface area (Å²) in [6.45, 7) is 31.2. The van der Waals surface area contributed by atoms with Gasteiger partial charge in [0.05, 0.1) is 5.02 Å². The molecule has 0 N–H and O–H groups in total. The predicted molar refractivity (Wildman–Crippen MR) is 364 cm³/mol. The van der Waals surface area contributed by atoms with Crippen molar-refractivity contribution < 1.29 is 37.5 Å². The number of rotatable bonds is 19. The molecule has 0 aliphatic rings. The Morgan fingerprint density at radius 2 is 0.852 bits per heavy atom. The van der Waals surface area contributed by atoms with Crippen LogP contribution in [-0.2, 0) is 6.42 Å². The summed E-state index contributed by atoms with van der Waals surface area (Å²) in [6.07, 6.45) is 5.12. The fraction of sp³-hybridized carbons (Fsp3) is 0.382. The molecule has 474 valence electrons. The molecule has 88 heavy (non-hydrogen) atoms. The summed E-state index contributed by atoms with van der Waals surface area (Å²) in [5, 5.41) is 2.01. The minimum atomic E-state index is -3.28. The maximum absolute atomic E-state index is 13.3. The molecule has 0 atom stereocenters. The van der Waals surface area contributed by atoms with Crippen LogP contribution in [0.3, 0.4) is 0 Å². The van der Waals surface area contributed by atoms with E-state index in [1.807, 2.05) is 160 Å². The van der Waals surface area contributed by atoms with Crippen LogP contribution in [0.15, 0.2) is 176 Å². The quantitative estimate of drug-likeness (QED) is 0.0741. The van der Waals surface area contributed by atoms with Crippen LogP contribution in [0.2, 0.25) is 15.1 Å². The van der Waals surface area contributed by atoms with Gasteiger partial charge in [-0.25, -0.2) is 0 Å². The van der Waals surface area contributed by atoms with E-state index in [2.05, 4.69) is 38.7 Å². The molecule has 0 radical (unpaired) electrons. The van der Waals surface area contributed by atoms with Crippen molar-refractivity contribution in [3.05, 3.63) is 241 Å². The summed E-state index contributed by atoms with van der Waals surface area (Å²) >= 11 is 17.5. The number of carbonyl (C=O) groups is 6. The lowest BCUT2D eigenvalue weighted by atomic mass is 9.93. The van der Waals surface area contributed by atoms with Crippen LogP contribution >= 0.6 is 34.8 Å². The van der Waals surface area contributed by atoms with Crippen LogP contribution in [0.5, 0.6) is 0 Å². The van der Waals surface area contributed by atoms with Gasteiger partial charge < -0.3 is 0 Å².